The number of ether oxygens (including phenoxy) is 4. The number of nitrogens with one attached hydrogen (secondary N) is 1. The summed E-state index contributed by atoms with van der Waals surface area (Å²) in [6.07, 6.45) is 1.84. The zero-order chi connectivity index (χ0) is 43.6. The highest BCUT2D eigenvalue weighted by molar-refractivity contribution is 7.44. The molecule has 1 amide bonds. The molecule has 4 atom stereocenters. The van der Waals surface area contributed by atoms with Gasteiger partial charge in [-0.25, -0.2) is 19.6 Å². The SMILES string of the molecule is COc1ccc(C(O[13CH2][13C@H]2O[13C@@H]([15n]3[13cH][15n][13c]4c(NC(=O)c5ccccc5)[15n][13cH][15n][13c]43)[13CH2][13C@@H]2OP(OCCC#N)N(C(C)C)C(C)C)(c2ccccc2)c2ccc(OC)cc2)cc1. The Labute approximate surface area is 363 Å². The molecule has 4 aromatic carbocycles. The Morgan fingerprint density at radius 1 is 0.871 bits per heavy atom. The molecule has 14 nitrogen and oxygen atoms in total. The molecule has 0 spiro atoms. The molecule has 0 radical (unpaired) electrons. The number of anilines is 1. The van der Waals surface area contributed by atoms with Crippen molar-refractivity contribution in [2.24, 2.45) is 0 Å². The van der Waals surface area contributed by atoms with Gasteiger partial charge in [0.2, 0.25) is 0 Å². The maximum absolute atomic E-state index is 13.2. The van der Waals surface area contributed by atoms with E-state index in [1.807, 2.05) is 77.4 Å². The largest absolute Gasteiger partial charge is 0.497 e. The molecule has 1 aliphatic rings. The number of aromatic nitrogens is 4. The first-order valence-corrected chi connectivity index (χ1v) is 21.7. The van der Waals surface area contributed by atoms with E-state index in [0.29, 0.717) is 34.6 Å². The molecule has 322 valence electrons. The summed E-state index contributed by atoms with van der Waals surface area (Å²) in [7, 11) is 1.62. The fourth-order valence-electron chi connectivity index (χ4n) is 7.75. The number of nitrogens with zero attached hydrogens (tertiary/aromatic N) is 6. The van der Waals surface area contributed by atoms with Crippen LogP contribution in [0.15, 0.2) is 122 Å². The molecule has 0 bridgehead atoms. The van der Waals surface area contributed by atoms with Gasteiger partial charge in [-0.2, -0.15) is 5.26 Å². The Bertz CT molecular complexity index is 2360. The number of imidazole rings is 1. The Morgan fingerprint density at radius 3 is 2.05 bits per heavy atom. The molecule has 1 fully saturated rings. The summed E-state index contributed by atoms with van der Waals surface area (Å²) in [5, 5.41) is 12.3. The van der Waals surface area contributed by atoms with Gasteiger partial charge in [-0.05, 0) is 80.8 Å². The van der Waals surface area contributed by atoms with Crippen molar-refractivity contribution in [3.63, 3.8) is 0 Å². The van der Waals surface area contributed by atoms with E-state index in [1.54, 1.807) is 44.8 Å². The summed E-state index contributed by atoms with van der Waals surface area (Å²) in [6.45, 7) is 8.70. The van der Waals surface area contributed by atoms with E-state index >= 15 is 0 Å². The van der Waals surface area contributed by atoms with Crippen LogP contribution in [0.2, 0.25) is 0 Å². The molecule has 62 heavy (non-hydrogen) atoms. The second-order valence-electron chi connectivity index (χ2n) is 15.2. The van der Waals surface area contributed by atoms with E-state index in [-0.39, 0.29) is 43.4 Å². The van der Waals surface area contributed by atoms with Gasteiger partial charge in [0.15, 0.2) is 17.0 Å². The van der Waals surface area contributed by atoms with Crippen molar-refractivity contribution < 1.29 is 32.8 Å². The van der Waals surface area contributed by atoms with Crippen LogP contribution < -0.4 is 14.8 Å². The molecule has 15 heteroatoms. The van der Waals surface area contributed by atoms with E-state index in [1.165, 1.54) is 6.33 Å². The average molecular weight is 871 g/mol. The summed E-state index contributed by atoms with van der Waals surface area (Å²) in [6, 6.07) is 37.1. The van der Waals surface area contributed by atoms with Gasteiger partial charge in [0, 0.05) is 24.1 Å². The Kier molecular flexibility index (Phi) is 14.6. The molecule has 0 saturated carbocycles. The van der Waals surface area contributed by atoms with Gasteiger partial charge >= 0.3 is 0 Å². The van der Waals surface area contributed by atoms with Crippen LogP contribution in [0.1, 0.15) is 73.8 Å². The molecule has 1 unspecified atom stereocenters. The van der Waals surface area contributed by atoms with Crippen LogP contribution in [0.4, 0.5) is 5.82 Å². The number of carbonyl (C=O) groups is 1. The molecule has 0 aliphatic carbocycles. The van der Waals surface area contributed by atoms with Gasteiger partial charge in [0.1, 0.15) is 35.8 Å². The topological polar surface area (TPSA) is 155 Å². The molecule has 3 heterocycles. The number of hydrogen-bond donors (Lipinski definition) is 1. The lowest BCUT2D eigenvalue weighted by atomic mass is 9.80. The summed E-state index contributed by atoms with van der Waals surface area (Å²) in [5.41, 5.74) is 2.89. The number of rotatable bonds is 19. The minimum absolute atomic E-state index is 0.0747. The van der Waals surface area contributed by atoms with Crippen molar-refractivity contribution in [1.82, 2.24) is 24.2 Å². The number of hydrogen-bond acceptors (Lipinski definition) is 12. The normalized spacial score (nSPS) is 17.1. The lowest BCUT2D eigenvalue weighted by Crippen LogP contribution is -2.39. The number of amides is 1. The molecule has 2 aromatic heterocycles. The lowest BCUT2D eigenvalue weighted by molar-refractivity contribution is -0.0912. The first-order chi connectivity index (χ1) is 30.2. The zero-order valence-corrected chi connectivity index (χ0v) is 36.6. The highest BCUT2D eigenvalue weighted by atomic mass is 31.2. The van der Waals surface area contributed by atoms with Crippen LogP contribution in [0.3, 0.4) is 0 Å². The molecular formula is C47H52N7O7P. The van der Waals surface area contributed by atoms with E-state index in [9.17, 15) is 10.1 Å². The maximum Gasteiger partial charge on any atom is 0.259 e. The zero-order valence-electron chi connectivity index (χ0n) is 35.8. The Hall–Kier alpha value is -5.78. The van der Waals surface area contributed by atoms with Crippen molar-refractivity contribution in [3.8, 4) is 17.6 Å². The minimum atomic E-state index is -1.66. The van der Waals surface area contributed by atoms with Crippen molar-refractivity contribution >= 4 is 31.4 Å². The van der Waals surface area contributed by atoms with Crippen LogP contribution in [0.25, 0.3) is 11.2 Å². The van der Waals surface area contributed by atoms with Crippen molar-refractivity contribution in [2.75, 3.05) is 32.8 Å². The number of carbonyl (C=O) groups excluding carboxylic acids is 1. The third-order valence-electron chi connectivity index (χ3n) is 10.6. The predicted octanol–water partition coefficient (Wildman–Crippen LogP) is 9.05. The van der Waals surface area contributed by atoms with Crippen molar-refractivity contribution in [2.45, 2.75) is 76.7 Å². The van der Waals surface area contributed by atoms with Crippen LogP contribution in [-0.2, 0) is 24.1 Å². The second-order valence-corrected chi connectivity index (χ2v) is 16.6. The van der Waals surface area contributed by atoms with Gasteiger partial charge < -0.3 is 33.3 Å². The highest BCUT2D eigenvalue weighted by Gasteiger charge is 2.45. The van der Waals surface area contributed by atoms with E-state index < -0.39 is 32.6 Å². The van der Waals surface area contributed by atoms with Crippen molar-refractivity contribution in [3.05, 3.63) is 144 Å². The smallest absolute Gasteiger partial charge is 0.259 e. The molecule has 1 aliphatic heterocycles. The summed E-state index contributed by atoms with van der Waals surface area (Å²) in [4.78, 5) is 26.8. The van der Waals surface area contributed by atoms with Gasteiger partial charge in [-0.15, -0.1) is 0 Å². The average Bonchev–Trinajstić information content (AvgIpc) is 3.92. The minimum Gasteiger partial charge on any atom is -0.497 e. The third-order valence-corrected chi connectivity index (χ3v) is 12.8. The number of nitriles is 1. The summed E-state index contributed by atoms with van der Waals surface area (Å²) >= 11 is 0. The molecule has 1 saturated heterocycles. The Morgan fingerprint density at radius 2 is 1.47 bits per heavy atom. The Balaban J connectivity index is 1.28. The lowest BCUT2D eigenvalue weighted by Gasteiger charge is -2.39. The van der Waals surface area contributed by atoms with Gasteiger partial charge in [0.05, 0.1) is 52.4 Å². The van der Waals surface area contributed by atoms with Crippen LogP contribution >= 0.6 is 8.53 Å². The van der Waals surface area contributed by atoms with Crippen LogP contribution in [0.5, 0.6) is 11.5 Å². The summed E-state index contributed by atoms with van der Waals surface area (Å²) in [5.74, 6) is 1.39. The molecule has 6 aromatic rings. The van der Waals surface area contributed by atoms with E-state index in [0.717, 1.165) is 16.7 Å². The highest BCUT2D eigenvalue weighted by Crippen LogP contribution is 2.51. The second kappa shape index (κ2) is 20.4. The molecule has 1 N–H and O–H groups in total. The molecular weight excluding hydrogens is 818 g/mol. The number of fused-ring (bicyclic) bond motifs is 1. The third kappa shape index (κ3) is 9.64. The molecule has 7 rings (SSSR count). The standard InChI is InChI=1S/C47H52N7O7P/c1-32(2)54(33(3)4)62(59-27-13-26-48)61-40-28-42(53-31-51-43-44(49-30-50-45(43)53)52-46(55)34-14-9-7-10-15-34)60-41(40)29-58-47(35-16-11-8-12-17-35,36-18-22-38(56-5)23-19-36)37-20-24-39(57-6)25-21-37/h7-12,14-25,30-33,40-42H,13,27-29H2,1-6H3,(H,49,50,52,55)/t40-,41+,42+,62?/m0/s1/i28+1,29+1,30+1,31+1,40+1,41+1,42+1,43+1,45+1,49+1,50+1,51+1,53+1. The van der Waals surface area contributed by atoms with Gasteiger partial charge in [-0.3, -0.25) is 9.36 Å². The predicted molar refractivity (Wildman–Crippen MR) is 237 cm³/mol. The van der Waals surface area contributed by atoms with E-state index in [2.05, 4.69) is 70.8 Å². The maximum atomic E-state index is 13.2. The van der Waals surface area contributed by atoms with E-state index in [4.69, 9.17) is 28.0 Å². The van der Waals surface area contributed by atoms with Crippen molar-refractivity contribution in [1.29, 1.82) is 5.26 Å². The summed E-state index contributed by atoms with van der Waals surface area (Å²) < 4.78 is 43.0. The fraction of sp³-hybridized carbons (Fsp3) is 0.340. The monoisotopic (exact) mass is 870 g/mol. The van der Waals surface area contributed by atoms with Gasteiger partial charge in [0.25, 0.3) is 14.4 Å². The first-order valence-electron chi connectivity index (χ1n) is 20.6. The fourth-order valence-corrected chi connectivity index (χ4v) is 9.51. The van der Waals surface area contributed by atoms with Gasteiger partial charge in [-0.1, -0.05) is 72.8 Å². The quantitative estimate of drug-likeness (QED) is 0.0357. The number of methoxy groups -OCH3 is 2. The van der Waals surface area contributed by atoms with Crippen LogP contribution in [0, 0.1) is 11.3 Å². The number of benzene rings is 4. The first kappa shape index (κ1) is 44.3. The van der Waals surface area contributed by atoms with Crippen LogP contribution in [-0.4, -0.2) is 81.8 Å².